The third-order valence-electron chi connectivity index (χ3n) is 10.8. The van der Waals surface area contributed by atoms with E-state index in [1.54, 1.807) is 26.4 Å². The van der Waals surface area contributed by atoms with Crippen LogP contribution in [0.1, 0.15) is 32.6 Å². The number of carbonyl (C=O) groups excluding carboxylic acids is 4. The predicted molar refractivity (Wildman–Crippen MR) is 191 cm³/mol. The highest BCUT2D eigenvalue weighted by molar-refractivity contribution is 6.39. The molecule has 5 aromatic rings. The number of hydrogen-bond donors (Lipinski definition) is 0. The minimum absolute atomic E-state index is 0.221. The van der Waals surface area contributed by atoms with E-state index in [0.29, 0.717) is 39.5 Å². The summed E-state index contributed by atoms with van der Waals surface area (Å²) >= 11 is 0. The van der Waals surface area contributed by atoms with E-state index in [4.69, 9.17) is 14.2 Å². The molecule has 0 radical (unpaired) electrons. The zero-order valence-electron chi connectivity index (χ0n) is 28.2. The van der Waals surface area contributed by atoms with Crippen LogP contribution in [0, 0.1) is 11.8 Å². The first kappa shape index (κ1) is 32.0. The number of esters is 1. The molecule has 2 amide bonds. The van der Waals surface area contributed by atoms with E-state index in [2.05, 4.69) is 0 Å². The van der Waals surface area contributed by atoms with Crippen molar-refractivity contribution in [2.24, 2.45) is 11.8 Å². The van der Waals surface area contributed by atoms with Gasteiger partial charge in [0.2, 0.25) is 11.8 Å². The first-order chi connectivity index (χ1) is 24.8. The van der Waals surface area contributed by atoms with Crippen molar-refractivity contribution in [3.05, 3.63) is 161 Å². The average molecular weight is 676 g/mol. The molecule has 0 spiro atoms. The summed E-state index contributed by atoms with van der Waals surface area (Å²) in [4.78, 5) is 59.8. The predicted octanol–water partition coefficient (Wildman–Crippen LogP) is 6.68. The van der Waals surface area contributed by atoms with Crippen molar-refractivity contribution in [2.75, 3.05) is 26.2 Å². The highest BCUT2D eigenvalue weighted by Crippen LogP contribution is 2.74. The molecule has 0 unspecified atom stereocenters. The van der Waals surface area contributed by atoms with Gasteiger partial charge >= 0.3 is 5.97 Å². The van der Waals surface area contributed by atoms with Crippen LogP contribution in [0.2, 0.25) is 0 Å². The van der Waals surface area contributed by atoms with Crippen molar-refractivity contribution in [3.63, 3.8) is 0 Å². The molecule has 1 saturated carbocycles. The maximum atomic E-state index is 16.1. The summed E-state index contributed by atoms with van der Waals surface area (Å²) in [5, 5.41) is 0. The standard InChI is InChI=1S/C43H33NO7/c1-49-32-22-16-26(17-23-32)34-35(27-18-24-33(50-2)25-19-27)43(30-12-8-5-9-13-30)37-36(42(34,41(43)48)29-10-6-4-7-11-29)38(45)44(39(37)46)31-20-14-28(15-21-31)40(47)51-3/h4-25,36-37H,1-3H3/t36-,37-,42-,43-/m1/s1. The smallest absolute Gasteiger partial charge is 0.337 e. The summed E-state index contributed by atoms with van der Waals surface area (Å²) < 4.78 is 15.9. The van der Waals surface area contributed by atoms with Gasteiger partial charge in [0, 0.05) is 0 Å². The second kappa shape index (κ2) is 11.9. The second-order valence-electron chi connectivity index (χ2n) is 12.9. The highest BCUT2D eigenvalue weighted by Gasteiger charge is 2.82. The molecule has 2 bridgehead atoms. The molecule has 5 aromatic carbocycles. The molecule has 3 aliphatic rings. The van der Waals surface area contributed by atoms with E-state index in [9.17, 15) is 4.79 Å². The van der Waals surface area contributed by atoms with Crippen molar-refractivity contribution in [1.82, 2.24) is 0 Å². The van der Waals surface area contributed by atoms with Gasteiger partial charge in [-0.15, -0.1) is 0 Å². The fourth-order valence-electron chi connectivity index (χ4n) is 8.76. The van der Waals surface area contributed by atoms with Gasteiger partial charge in [-0.2, -0.15) is 0 Å². The number of hydrogen-bond acceptors (Lipinski definition) is 7. The SMILES string of the molecule is COC(=O)c1ccc(N2C(=O)[C@H]3[C@H](C2=O)[C@]2(c4ccccc4)C(=O)[C@]3(c3ccccc3)C(c3ccc(OC)cc3)=C2c2ccc(OC)cc2)cc1. The average Bonchev–Trinajstić information content (AvgIpc) is 3.70. The number of nitrogens with zero attached hydrogens (tertiary/aromatic N) is 1. The molecule has 2 fully saturated rings. The Morgan fingerprint density at radius 1 is 0.549 bits per heavy atom. The lowest BCUT2D eigenvalue weighted by molar-refractivity contribution is -0.130. The van der Waals surface area contributed by atoms with Gasteiger partial charge < -0.3 is 14.2 Å². The number of amides is 2. The van der Waals surface area contributed by atoms with E-state index in [-0.39, 0.29) is 11.3 Å². The van der Waals surface area contributed by atoms with Gasteiger partial charge in [-0.3, -0.25) is 14.4 Å². The summed E-state index contributed by atoms with van der Waals surface area (Å²) in [5.41, 5.74) is 1.53. The Morgan fingerprint density at radius 3 is 1.33 bits per heavy atom. The van der Waals surface area contributed by atoms with Gasteiger partial charge in [0.05, 0.1) is 55.2 Å². The van der Waals surface area contributed by atoms with Gasteiger partial charge in [0.1, 0.15) is 11.5 Å². The summed E-state index contributed by atoms with van der Waals surface area (Å²) in [6, 6.07) is 39.9. The van der Waals surface area contributed by atoms with Crippen LogP contribution >= 0.6 is 0 Å². The van der Waals surface area contributed by atoms with E-state index in [1.807, 2.05) is 109 Å². The van der Waals surface area contributed by atoms with Crippen molar-refractivity contribution in [1.29, 1.82) is 0 Å². The first-order valence-electron chi connectivity index (χ1n) is 16.6. The number of allylic oxidation sites excluding steroid dienone is 2. The molecule has 8 nitrogen and oxygen atoms in total. The lowest BCUT2D eigenvalue weighted by Gasteiger charge is -2.39. The van der Waals surface area contributed by atoms with Crippen LogP contribution < -0.4 is 14.4 Å². The van der Waals surface area contributed by atoms with Crippen LogP contribution in [-0.4, -0.2) is 44.9 Å². The summed E-state index contributed by atoms with van der Waals surface area (Å²) in [6.07, 6.45) is 0. The van der Waals surface area contributed by atoms with Gasteiger partial charge in [-0.05, 0) is 81.9 Å². The zero-order chi connectivity index (χ0) is 35.5. The number of rotatable bonds is 8. The van der Waals surface area contributed by atoms with Crippen LogP contribution in [0.3, 0.4) is 0 Å². The molecule has 2 aliphatic carbocycles. The Labute approximate surface area is 294 Å². The van der Waals surface area contributed by atoms with Crippen molar-refractivity contribution >= 4 is 40.4 Å². The number of benzene rings is 5. The summed E-state index contributed by atoms with van der Waals surface area (Å²) in [7, 11) is 4.47. The Balaban J connectivity index is 1.49. The van der Waals surface area contributed by atoms with Crippen LogP contribution in [0.15, 0.2) is 133 Å². The summed E-state index contributed by atoms with van der Waals surface area (Å²) in [5.74, 6) is -2.61. The van der Waals surface area contributed by atoms with Crippen molar-refractivity contribution in [2.45, 2.75) is 10.8 Å². The van der Waals surface area contributed by atoms with Crippen LogP contribution in [0.25, 0.3) is 11.1 Å². The van der Waals surface area contributed by atoms with Crippen molar-refractivity contribution < 1.29 is 33.4 Å². The van der Waals surface area contributed by atoms with E-state index in [0.717, 1.165) is 11.1 Å². The number of fused-ring (bicyclic) bond motifs is 5. The van der Waals surface area contributed by atoms with E-state index in [1.165, 1.54) is 24.1 Å². The molecule has 8 rings (SSSR count). The third kappa shape index (κ3) is 4.26. The Kier molecular flexibility index (Phi) is 7.49. The highest BCUT2D eigenvalue weighted by atomic mass is 16.5. The monoisotopic (exact) mass is 675 g/mol. The van der Waals surface area contributed by atoms with Crippen LogP contribution in [-0.2, 0) is 30.0 Å². The van der Waals surface area contributed by atoms with Gasteiger partial charge in [0.15, 0.2) is 5.78 Å². The molecule has 1 saturated heterocycles. The minimum Gasteiger partial charge on any atom is -0.497 e. The quantitative estimate of drug-likeness (QED) is 0.134. The van der Waals surface area contributed by atoms with Gasteiger partial charge in [-0.25, -0.2) is 9.69 Å². The minimum atomic E-state index is -1.56. The molecule has 0 aromatic heterocycles. The van der Waals surface area contributed by atoms with E-state index < -0.39 is 40.4 Å². The van der Waals surface area contributed by atoms with E-state index >= 15 is 14.4 Å². The van der Waals surface area contributed by atoms with Crippen LogP contribution in [0.4, 0.5) is 5.69 Å². The fraction of sp³-hybridized carbons (Fsp3) is 0.163. The topological polar surface area (TPSA) is 99.2 Å². The molecule has 8 heteroatoms. The normalized spacial score (nSPS) is 23.4. The maximum absolute atomic E-state index is 16.1. The van der Waals surface area contributed by atoms with Crippen LogP contribution in [0.5, 0.6) is 11.5 Å². The molecule has 1 aliphatic heterocycles. The van der Waals surface area contributed by atoms with Crippen molar-refractivity contribution in [3.8, 4) is 11.5 Å². The number of ketones is 1. The number of ether oxygens (including phenoxy) is 3. The van der Waals surface area contributed by atoms with Gasteiger partial charge in [0.25, 0.3) is 0 Å². The van der Waals surface area contributed by atoms with Gasteiger partial charge in [-0.1, -0.05) is 84.9 Å². The second-order valence-corrected chi connectivity index (χ2v) is 12.9. The Bertz CT molecular complexity index is 2100. The first-order valence-corrected chi connectivity index (χ1v) is 16.6. The fourth-order valence-corrected chi connectivity index (χ4v) is 8.76. The number of methoxy groups -OCH3 is 3. The number of carbonyl (C=O) groups is 4. The third-order valence-corrected chi connectivity index (χ3v) is 10.8. The molecule has 252 valence electrons. The molecule has 4 atom stereocenters. The maximum Gasteiger partial charge on any atom is 0.337 e. The number of anilines is 1. The molecule has 0 N–H and O–H groups in total. The summed E-state index contributed by atoms with van der Waals surface area (Å²) in [6.45, 7) is 0. The molecule has 1 heterocycles. The lowest BCUT2D eigenvalue weighted by atomic mass is 9.59. The number of imide groups is 1. The lowest BCUT2D eigenvalue weighted by Crippen LogP contribution is -2.45. The zero-order valence-corrected chi connectivity index (χ0v) is 28.2. The molecular weight excluding hydrogens is 642 g/mol. The molecule has 51 heavy (non-hydrogen) atoms. The Morgan fingerprint density at radius 2 is 0.961 bits per heavy atom. The largest absolute Gasteiger partial charge is 0.497 e. The Hall–Kier alpha value is -6.28. The number of Topliss-reactive ketones (excluding diaryl/α,β-unsaturated/α-hetero) is 1. The molecular formula is C43H33NO7.